The van der Waals surface area contributed by atoms with E-state index in [-0.39, 0.29) is 5.91 Å². The number of thiol groups is 1. The molecule has 1 aliphatic heterocycles. The lowest BCUT2D eigenvalue weighted by atomic mass is 10.1. The van der Waals surface area contributed by atoms with Gasteiger partial charge in [-0.25, -0.2) is 4.98 Å². The van der Waals surface area contributed by atoms with E-state index in [2.05, 4.69) is 17.6 Å². The first-order valence-corrected chi connectivity index (χ1v) is 7.52. The van der Waals surface area contributed by atoms with Gasteiger partial charge in [0.2, 0.25) is 5.91 Å². The molecule has 100 valence electrons. The molecule has 2 aromatic rings. The quantitative estimate of drug-likeness (QED) is 0.885. The normalized spacial score (nSPS) is 19.4. The summed E-state index contributed by atoms with van der Waals surface area (Å²) in [4.78, 5) is 18.3. The van der Waals surface area contributed by atoms with Crippen molar-refractivity contribution < 1.29 is 9.53 Å². The second kappa shape index (κ2) is 5.02. The molecule has 0 radical (unpaired) electrons. The number of hydrogen-bond acceptors (Lipinski definition) is 5. The maximum absolute atomic E-state index is 12.0. The summed E-state index contributed by atoms with van der Waals surface area (Å²) >= 11 is 5.80. The van der Waals surface area contributed by atoms with Crippen LogP contribution >= 0.6 is 24.0 Å². The van der Waals surface area contributed by atoms with Crippen LogP contribution in [0.15, 0.2) is 18.2 Å². The lowest BCUT2D eigenvalue weighted by molar-refractivity contribution is -0.117. The van der Waals surface area contributed by atoms with Crippen LogP contribution in [-0.2, 0) is 4.79 Å². The standard InChI is InChI=1S/C13H14N2O2S2/c1-17-9-3-2-4-10-12(9)14-13(19-10)15-6-8(7-18)5-11(15)16/h2-4,8,18H,5-7H2,1H3. The van der Waals surface area contributed by atoms with E-state index < -0.39 is 0 Å². The highest BCUT2D eigenvalue weighted by Crippen LogP contribution is 2.36. The Morgan fingerprint density at radius 1 is 1.58 bits per heavy atom. The third-order valence-electron chi connectivity index (χ3n) is 3.28. The molecule has 1 unspecified atom stereocenters. The van der Waals surface area contributed by atoms with Crippen LogP contribution in [-0.4, -0.2) is 30.3 Å². The minimum Gasteiger partial charge on any atom is -0.494 e. The summed E-state index contributed by atoms with van der Waals surface area (Å²) in [5.41, 5.74) is 0.826. The monoisotopic (exact) mass is 294 g/mol. The molecule has 1 atom stereocenters. The van der Waals surface area contributed by atoms with E-state index in [0.717, 1.165) is 26.9 Å². The van der Waals surface area contributed by atoms with Gasteiger partial charge >= 0.3 is 0 Å². The fourth-order valence-corrected chi connectivity index (χ4v) is 3.53. The Labute approximate surface area is 120 Å². The number of thiazole rings is 1. The number of rotatable bonds is 3. The minimum absolute atomic E-state index is 0.136. The Morgan fingerprint density at radius 2 is 2.42 bits per heavy atom. The molecule has 1 aliphatic rings. The van der Waals surface area contributed by atoms with Crippen molar-refractivity contribution in [2.45, 2.75) is 6.42 Å². The van der Waals surface area contributed by atoms with Crippen molar-refractivity contribution in [2.75, 3.05) is 24.3 Å². The van der Waals surface area contributed by atoms with Gasteiger partial charge in [-0.1, -0.05) is 17.4 Å². The van der Waals surface area contributed by atoms with Crippen molar-refractivity contribution >= 4 is 45.2 Å². The number of carbonyl (C=O) groups excluding carboxylic acids is 1. The molecule has 1 saturated heterocycles. The van der Waals surface area contributed by atoms with Crippen LogP contribution in [0.2, 0.25) is 0 Å². The number of ether oxygens (including phenoxy) is 1. The zero-order chi connectivity index (χ0) is 13.4. The molecule has 2 heterocycles. The summed E-state index contributed by atoms with van der Waals surface area (Å²) in [5.74, 6) is 1.94. The van der Waals surface area contributed by atoms with E-state index in [9.17, 15) is 4.79 Å². The molecule has 1 aromatic heterocycles. The molecule has 1 amide bonds. The van der Waals surface area contributed by atoms with Crippen LogP contribution in [0.3, 0.4) is 0 Å². The van der Waals surface area contributed by atoms with Gasteiger partial charge in [-0.15, -0.1) is 0 Å². The van der Waals surface area contributed by atoms with Gasteiger partial charge in [0.05, 0.1) is 11.8 Å². The average molecular weight is 294 g/mol. The molecular weight excluding hydrogens is 280 g/mol. The summed E-state index contributed by atoms with van der Waals surface area (Å²) < 4.78 is 6.34. The number of nitrogens with zero attached hydrogens (tertiary/aromatic N) is 2. The maximum Gasteiger partial charge on any atom is 0.229 e. The zero-order valence-corrected chi connectivity index (χ0v) is 12.2. The summed E-state index contributed by atoms with van der Waals surface area (Å²) in [7, 11) is 1.63. The number of amides is 1. The topological polar surface area (TPSA) is 42.4 Å². The van der Waals surface area contributed by atoms with Crippen LogP contribution in [0.25, 0.3) is 10.2 Å². The third kappa shape index (κ3) is 2.19. The van der Waals surface area contributed by atoms with E-state index in [1.165, 1.54) is 11.3 Å². The van der Waals surface area contributed by atoms with Gasteiger partial charge in [-0.3, -0.25) is 9.69 Å². The fraction of sp³-hybridized carbons (Fsp3) is 0.385. The average Bonchev–Trinajstić information content (AvgIpc) is 3.00. The number of fused-ring (bicyclic) bond motifs is 1. The van der Waals surface area contributed by atoms with Crippen molar-refractivity contribution in [1.29, 1.82) is 0 Å². The van der Waals surface area contributed by atoms with Crippen LogP contribution in [0.5, 0.6) is 5.75 Å². The summed E-state index contributed by atoms with van der Waals surface area (Å²) in [6, 6.07) is 5.81. The Bertz CT molecular complexity index is 626. The molecule has 0 aliphatic carbocycles. The molecule has 1 fully saturated rings. The molecule has 3 rings (SSSR count). The van der Waals surface area contributed by atoms with Gasteiger partial charge in [0.15, 0.2) is 5.13 Å². The lowest BCUT2D eigenvalue weighted by Gasteiger charge is -2.11. The first-order chi connectivity index (χ1) is 9.22. The number of benzene rings is 1. The molecule has 0 N–H and O–H groups in total. The molecule has 6 heteroatoms. The smallest absolute Gasteiger partial charge is 0.229 e. The van der Waals surface area contributed by atoms with Crippen molar-refractivity contribution in [3.05, 3.63) is 18.2 Å². The van der Waals surface area contributed by atoms with E-state index >= 15 is 0 Å². The zero-order valence-electron chi connectivity index (χ0n) is 10.5. The largest absolute Gasteiger partial charge is 0.494 e. The third-order valence-corrected chi connectivity index (χ3v) is 4.84. The van der Waals surface area contributed by atoms with E-state index in [0.29, 0.717) is 18.9 Å². The minimum atomic E-state index is 0.136. The van der Waals surface area contributed by atoms with Crippen LogP contribution in [0.4, 0.5) is 5.13 Å². The summed E-state index contributed by atoms with van der Waals surface area (Å²) in [5, 5.41) is 0.758. The SMILES string of the molecule is COc1cccc2sc(N3CC(CS)CC3=O)nc12. The van der Waals surface area contributed by atoms with Crippen molar-refractivity contribution in [3.8, 4) is 5.75 Å². The maximum atomic E-state index is 12.0. The van der Waals surface area contributed by atoms with Crippen LogP contribution < -0.4 is 9.64 Å². The van der Waals surface area contributed by atoms with Crippen molar-refractivity contribution in [2.24, 2.45) is 5.92 Å². The summed E-state index contributed by atoms with van der Waals surface area (Å²) in [6.07, 6.45) is 0.566. The Kier molecular flexibility index (Phi) is 3.36. The number of para-hydroxylation sites is 1. The Hall–Kier alpha value is -1.27. The number of anilines is 1. The molecular formula is C13H14N2O2S2. The Morgan fingerprint density at radius 3 is 3.11 bits per heavy atom. The number of carbonyl (C=O) groups is 1. The molecule has 0 saturated carbocycles. The predicted octanol–water partition coefficient (Wildman–Crippen LogP) is 2.59. The number of hydrogen-bond donors (Lipinski definition) is 1. The van der Waals surface area contributed by atoms with Gasteiger partial charge < -0.3 is 4.74 Å². The first kappa shape index (κ1) is 12.7. The molecule has 0 bridgehead atoms. The molecule has 19 heavy (non-hydrogen) atoms. The van der Waals surface area contributed by atoms with Gasteiger partial charge in [-0.05, 0) is 23.8 Å². The highest BCUT2D eigenvalue weighted by molar-refractivity contribution is 7.80. The first-order valence-electron chi connectivity index (χ1n) is 6.07. The second-order valence-corrected chi connectivity index (χ2v) is 5.93. The summed E-state index contributed by atoms with van der Waals surface area (Å²) in [6.45, 7) is 0.713. The number of methoxy groups -OCH3 is 1. The van der Waals surface area contributed by atoms with Gasteiger partial charge in [0, 0.05) is 13.0 Å². The predicted molar refractivity (Wildman–Crippen MR) is 80.5 cm³/mol. The molecule has 4 nitrogen and oxygen atoms in total. The molecule has 0 spiro atoms. The van der Waals surface area contributed by atoms with Crippen LogP contribution in [0.1, 0.15) is 6.42 Å². The molecule has 1 aromatic carbocycles. The van der Waals surface area contributed by atoms with Crippen LogP contribution in [0, 0.1) is 5.92 Å². The number of aromatic nitrogens is 1. The van der Waals surface area contributed by atoms with E-state index in [4.69, 9.17) is 4.74 Å². The van der Waals surface area contributed by atoms with Crippen molar-refractivity contribution in [3.63, 3.8) is 0 Å². The lowest BCUT2D eigenvalue weighted by Crippen LogP contribution is -2.24. The fourth-order valence-electron chi connectivity index (χ4n) is 2.28. The van der Waals surface area contributed by atoms with Gasteiger partial charge in [0.25, 0.3) is 0 Å². The highest BCUT2D eigenvalue weighted by atomic mass is 32.1. The van der Waals surface area contributed by atoms with Gasteiger partial charge in [0.1, 0.15) is 11.3 Å². The second-order valence-electron chi connectivity index (χ2n) is 4.56. The Balaban J connectivity index is 2.00. The van der Waals surface area contributed by atoms with E-state index in [1.807, 2.05) is 18.2 Å². The van der Waals surface area contributed by atoms with E-state index in [1.54, 1.807) is 12.0 Å². The van der Waals surface area contributed by atoms with Gasteiger partial charge in [-0.2, -0.15) is 12.6 Å². The highest BCUT2D eigenvalue weighted by Gasteiger charge is 2.31. The van der Waals surface area contributed by atoms with Crippen molar-refractivity contribution in [1.82, 2.24) is 4.98 Å².